The molecule has 3 amide bonds. The van der Waals surface area contributed by atoms with Gasteiger partial charge in [0.25, 0.3) is 5.91 Å². The number of carbonyl (C=O) groups is 2. The van der Waals surface area contributed by atoms with Gasteiger partial charge in [0.05, 0.1) is 35.4 Å². The Morgan fingerprint density at radius 2 is 1.95 bits per heavy atom. The average Bonchev–Trinajstić information content (AvgIpc) is 3.87. The molecule has 0 spiro atoms. The zero-order chi connectivity index (χ0) is 28.1. The number of benzene rings is 1. The lowest BCUT2D eigenvalue weighted by atomic mass is 9.97. The van der Waals surface area contributed by atoms with Crippen LogP contribution in [0, 0.1) is 18.8 Å². The lowest BCUT2D eigenvalue weighted by Crippen LogP contribution is -2.36. The first-order valence-electron chi connectivity index (χ1n) is 14.4. The fourth-order valence-electron chi connectivity index (χ4n) is 5.76. The molecule has 11 nitrogen and oxygen atoms in total. The van der Waals surface area contributed by atoms with Crippen molar-refractivity contribution in [3.05, 3.63) is 47.8 Å². The van der Waals surface area contributed by atoms with E-state index in [0.717, 1.165) is 49.2 Å². The number of urea groups is 1. The van der Waals surface area contributed by atoms with Gasteiger partial charge in [-0.05, 0) is 87.6 Å². The number of carbonyl (C=O) groups excluding carboxylic acids is 2. The predicted octanol–water partition coefficient (Wildman–Crippen LogP) is 4.70. The predicted molar refractivity (Wildman–Crippen MR) is 156 cm³/mol. The topological polar surface area (TPSA) is 126 Å². The van der Waals surface area contributed by atoms with E-state index < -0.39 is 0 Å². The van der Waals surface area contributed by atoms with Gasteiger partial charge in [-0.2, -0.15) is 10.1 Å². The lowest BCUT2D eigenvalue weighted by Gasteiger charge is -2.25. The number of rotatable bonds is 3. The number of guanidine groups is 1. The molecule has 0 radical (unpaired) electrons. The van der Waals surface area contributed by atoms with Gasteiger partial charge in [-0.1, -0.05) is 0 Å². The van der Waals surface area contributed by atoms with Gasteiger partial charge in [0, 0.05) is 36.6 Å². The third-order valence-corrected chi connectivity index (χ3v) is 8.19. The minimum absolute atomic E-state index is 0.204. The molecular formula is C30H34N8O3. The summed E-state index contributed by atoms with van der Waals surface area (Å²) >= 11 is 0. The minimum atomic E-state index is -0.358. The van der Waals surface area contributed by atoms with Crippen LogP contribution in [0.1, 0.15) is 54.6 Å². The zero-order valence-corrected chi connectivity index (χ0v) is 23.3. The highest BCUT2D eigenvalue weighted by Crippen LogP contribution is 2.43. The molecule has 4 aliphatic rings. The van der Waals surface area contributed by atoms with Crippen LogP contribution in [0.2, 0.25) is 0 Å². The van der Waals surface area contributed by atoms with Gasteiger partial charge < -0.3 is 25.6 Å². The van der Waals surface area contributed by atoms with Gasteiger partial charge in [-0.25, -0.2) is 9.48 Å². The van der Waals surface area contributed by atoms with E-state index in [2.05, 4.69) is 35.9 Å². The van der Waals surface area contributed by atoms with Crippen LogP contribution in [0.3, 0.4) is 0 Å². The molecule has 1 unspecified atom stereocenters. The molecule has 4 heterocycles. The molecule has 1 atom stereocenters. The van der Waals surface area contributed by atoms with Crippen molar-refractivity contribution in [2.75, 3.05) is 28.7 Å². The standard InChI is InChI=1S/C30H34N8O3/c1-17-12-20-13-24(32-17)23-15-31-37(2)28(23)41-11-3-4-19(18-5-6-18)16-38-26-10-9-22(34-30(40)33-21-7-8-21)14-25(26)35-29(38)36-27(20)39/h9-10,12-15,18-19,21H,3-8,11,16H2,1-2H3,(H2,33,34,40)(H,35,36,39). The number of pyridine rings is 1. The number of aromatic nitrogens is 3. The van der Waals surface area contributed by atoms with E-state index in [-0.39, 0.29) is 18.0 Å². The van der Waals surface area contributed by atoms with E-state index in [4.69, 9.17) is 4.74 Å². The Morgan fingerprint density at radius 1 is 1.10 bits per heavy atom. The monoisotopic (exact) mass is 554 g/mol. The molecule has 2 aliphatic carbocycles. The van der Waals surface area contributed by atoms with Gasteiger partial charge in [-0.15, -0.1) is 0 Å². The molecule has 2 bridgehead atoms. The number of aryl methyl sites for hydroxylation is 2. The van der Waals surface area contributed by atoms with Crippen molar-refractivity contribution in [1.29, 1.82) is 0 Å². The third kappa shape index (κ3) is 5.36. The van der Waals surface area contributed by atoms with E-state index in [9.17, 15) is 9.59 Å². The number of fused-ring (bicyclic) bond motifs is 7. The maximum atomic E-state index is 13.6. The fraction of sp³-hybridized carbons (Fsp3) is 0.433. The molecule has 212 valence electrons. The van der Waals surface area contributed by atoms with Gasteiger partial charge in [0.1, 0.15) is 0 Å². The smallest absolute Gasteiger partial charge is 0.319 e. The SMILES string of the molecule is Cc1cc2cc(n1)-c1cnn(C)c1OCCCC(C1CC1)CN1/C(=N/C2=O)Nc2cc(NC(=O)NC3CC3)ccc21. The van der Waals surface area contributed by atoms with Crippen molar-refractivity contribution in [3.63, 3.8) is 0 Å². The first-order valence-corrected chi connectivity index (χ1v) is 14.4. The largest absolute Gasteiger partial charge is 0.477 e. The first-order chi connectivity index (χ1) is 19.9. The molecule has 7 rings (SSSR count). The zero-order valence-electron chi connectivity index (χ0n) is 23.3. The molecule has 3 aromatic rings. The molecule has 2 aliphatic heterocycles. The van der Waals surface area contributed by atoms with Gasteiger partial charge >= 0.3 is 6.03 Å². The van der Waals surface area contributed by atoms with E-state index in [0.29, 0.717) is 52.9 Å². The summed E-state index contributed by atoms with van der Waals surface area (Å²) in [6.07, 6.45) is 8.11. The Hall–Kier alpha value is -4.41. The van der Waals surface area contributed by atoms with Crippen molar-refractivity contribution in [1.82, 2.24) is 20.1 Å². The second-order valence-electron chi connectivity index (χ2n) is 11.5. The van der Waals surface area contributed by atoms with E-state index in [1.807, 2.05) is 32.2 Å². The van der Waals surface area contributed by atoms with Crippen LogP contribution in [-0.4, -0.2) is 51.9 Å². The van der Waals surface area contributed by atoms with E-state index in [1.54, 1.807) is 23.0 Å². The van der Waals surface area contributed by atoms with Crippen LogP contribution >= 0.6 is 0 Å². The van der Waals surface area contributed by atoms with E-state index in [1.165, 1.54) is 12.8 Å². The Balaban J connectivity index is 1.25. The van der Waals surface area contributed by atoms with Crippen molar-refractivity contribution >= 4 is 35.0 Å². The lowest BCUT2D eigenvalue weighted by molar-refractivity contribution is 0.100. The second-order valence-corrected chi connectivity index (χ2v) is 11.5. The van der Waals surface area contributed by atoms with Gasteiger partial charge in [0.15, 0.2) is 0 Å². The molecule has 3 N–H and O–H groups in total. The van der Waals surface area contributed by atoms with Crippen molar-refractivity contribution < 1.29 is 14.3 Å². The highest BCUT2D eigenvalue weighted by atomic mass is 16.5. The maximum Gasteiger partial charge on any atom is 0.319 e. The summed E-state index contributed by atoms with van der Waals surface area (Å²) < 4.78 is 7.96. The Morgan fingerprint density at radius 3 is 2.76 bits per heavy atom. The molecule has 41 heavy (non-hydrogen) atoms. The summed E-state index contributed by atoms with van der Waals surface area (Å²) in [7, 11) is 1.85. The molecular weight excluding hydrogens is 520 g/mol. The summed E-state index contributed by atoms with van der Waals surface area (Å²) in [5.41, 5.74) is 4.97. The molecule has 1 aromatic carbocycles. The number of nitrogens with one attached hydrogen (secondary N) is 3. The normalized spacial score (nSPS) is 21.6. The highest BCUT2D eigenvalue weighted by Gasteiger charge is 2.36. The number of ether oxygens (including phenoxy) is 1. The number of anilines is 3. The summed E-state index contributed by atoms with van der Waals surface area (Å²) in [6.45, 7) is 3.17. The quantitative estimate of drug-likeness (QED) is 0.428. The van der Waals surface area contributed by atoms with Crippen LogP contribution < -0.4 is 25.6 Å². The van der Waals surface area contributed by atoms with E-state index >= 15 is 0 Å². The number of hydrogen-bond donors (Lipinski definition) is 3. The van der Waals surface area contributed by atoms with Crippen LogP contribution in [0.25, 0.3) is 11.3 Å². The number of nitrogens with zero attached hydrogens (tertiary/aromatic N) is 5. The van der Waals surface area contributed by atoms with Crippen molar-refractivity contribution in [2.45, 2.75) is 51.5 Å². The Labute approximate surface area is 238 Å². The van der Waals surface area contributed by atoms with Crippen LogP contribution in [0.4, 0.5) is 21.9 Å². The summed E-state index contributed by atoms with van der Waals surface area (Å²) in [6, 6.07) is 9.37. The number of hydrogen-bond acceptors (Lipinski definition) is 7. The molecule has 2 fully saturated rings. The average molecular weight is 555 g/mol. The van der Waals surface area contributed by atoms with Gasteiger partial charge in [0.2, 0.25) is 11.8 Å². The van der Waals surface area contributed by atoms with Gasteiger partial charge in [-0.3, -0.25) is 9.78 Å². The maximum absolute atomic E-state index is 13.6. The molecule has 0 saturated heterocycles. The highest BCUT2D eigenvalue weighted by molar-refractivity contribution is 6.19. The van der Waals surface area contributed by atoms with Crippen LogP contribution in [0.5, 0.6) is 5.88 Å². The number of amides is 3. The Bertz CT molecular complexity index is 1560. The summed E-state index contributed by atoms with van der Waals surface area (Å²) in [5.74, 6) is 1.86. The fourth-order valence-corrected chi connectivity index (χ4v) is 5.76. The first kappa shape index (κ1) is 25.6. The van der Waals surface area contributed by atoms with Crippen LogP contribution in [0.15, 0.2) is 41.5 Å². The minimum Gasteiger partial charge on any atom is -0.477 e. The Kier molecular flexibility index (Phi) is 6.36. The second kappa shape index (κ2) is 10.2. The van der Waals surface area contributed by atoms with Crippen LogP contribution in [-0.2, 0) is 7.05 Å². The van der Waals surface area contributed by atoms with Crippen molar-refractivity contribution in [3.8, 4) is 17.1 Å². The molecule has 11 heteroatoms. The number of aliphatic imine (C=N–C) groups is 1. The summed E-state index contributed by atoms with van der Waals surface area (Å²) in [4.78, 5) is 37.4. The third-order valence-electron chi connectivity index (χ3n) is 8.19. The molecule has 2 saturated carbocycles. The summed E-state index contributed by atoms with van der Waals surface area (Å²) in [5, 5.41) is 13.7. The molecule has 2 aromatic heterocycles. The van der Waals surface area contributed by atoms with Crippen molar-refractivity contribution in [2.24, 2.45) is 23.9 Å².